The zero-order valence-corrected chi connectivity index (χ0v) is 30.4. The second-order valence-corrected chi connectivity index (χ2v) is 15.0. The lowest BCUT2D eigenvalue weighted by Gasteiger charge is -2.31. The normalized spacial score (nSPS) is 15.3. The Morgan fingerprint density at radius 3 is 1.59 bits per heavy atom. The Morgan fingerprint density at radius 2 is 0.982 bits per heavy atom. The summed E-state index contributed by atoms with van der Waals surface area (Å²) in [4.78, 5) is 15.1. The van der Waals surface area contributed by atoms with Crippen LogP contribution in [0.15, 0.2) is 180 Å². The van der Waals surface area contributed by atoms with Crippen LogP contribution in [-0.4, -0.2) is 15.0 Å². The van der Waals surface area contributed by atoms with Gasteiger partial charge in [-0.2, -0.15) is 0 Å². The number of furan rings is 1. The summed E-state index contributed by atoms with van der Waals surface area (Å²) in [6.45, 7) is 0. The summed E-state index contributed by atoms with van der Waals surface area (Å²) in [5, 5.41) is 1.09. The molecule has 262 valence electrons. The van der Waals surface area contributed by atoms with Crippen LogP contribution >= 0.6 is 0 Å². The third-order valence-electron chi connectivity index (χ3n) is 12.1. The summed E-state index contributed by atoms with van der Waals surface area (Å²) in [6.07, 6.45) is 5.28. The summed E-state index contributed by atoms with van der Waals surface area (Å²) < 4.78 is 6.86. The lowest BCUT2D eigenvalue weighted by Crippen LogP contribution is -2.26. The van der Waals surface area contributed by atoms with Crippen LogP contribution in [0.5, 0.6) is 0 Å². The first-order valence-electron chi connectivity index (χ1n) is 19.3. The SMILES string of the molecule is C1=Cc2oc3c(-c4nc(-c5ccccc5)nc(-c5ccccc5)n4)cccc3c2C(c2ccc3c(c2)C2(c4ccccc4-c4ccccc42)c2ccccc2-3)C1. The van der Waals surface area contributed by atoms with Crippen molar-refractivity contribution in [3.8, 4) is 56.4 Å². The van der Waals surface area contributed by atoms with E-state index in [2.05, 4.69) is 121 Å². The lowest BCUT2D eigenvalue weighted by molar-refractivity contribution is 0.590. The second kappa shape index (κ2) is 11.9. The number of aromatic nitrogens is 3. The van der Waals surface area contributed by atoms with E-state index in [1.165, 1.54) is 55.6 Å². The molecule has 0 N–H and O–H groups in total. The molecule has 0 bridgehead atoms. The topological polar surface area (TPSA) is 51.8 Å². The van der Waals surface area contributed by atoms with Crippen molar-refractivity contribution in [1.29, 1.82) is 0 Å². The van der Waals surface area contributed by atoms with Crippen molar-refractivity contribution in [2.75, 3.05) is 0 Å². The van der Waals surface area contributed by atoms with Gasteiger partial charge in [-0.25, -0.2) is 15.0 Å². The Labute approximate surface area is 324 Å². The summed E-state index contributed by atoms with van der Waals surface area (Å²) in [5.74, 6) is 2.83. The van der Waals surface area contributed by atoms with Gasteiger partial charge in [-0.1, -0.05) is 170 Å². The fourth-order valence-corrected chi connectivity index (χ4v) is 9.81. The van der Waals surface area contributed by atoms with Crippen LogP contribution in [0.3, 0.4) is 0 Å². The average Bonchev–Trinajstić information content (AvgIpc) is 3.91. The molecule has 4 nitrogen and oxygen atoms in total. The van der Waals surface area contributed by atoms with Crippen molar-refractivity contribution in [3.63, 3.8) is 0 Å². The average molecular weight is 716 g/mol. The van der Waals surface area contributed by atoms with E-state index in [1.807, 2.05) is 60.7 Å². The number of benzene rings is 7. The number of hydrogen-bond donors (Lipinski definition) is 0. The van der Waals surface area contributed by atoms with Gasteiger partial charge in [0.05, 0.1) is 11.0 Å². The fourth-order valence-electron chi connectivity index (χ4n) is 9.81. The van der Waals surface area contributed by atoms with Crippen LogP contribution in [-0.2, 0) is 5.41 Å². The molecule has 2 aromatic heterocycles. The Balaban J connectivity index is 1.04. The van der Waals surface area contributed by atoms with Crippen LogP contribution < -0.4 is 0 Å². The highest BCUT2D eigenvalue weighted by atomic mass is 16.3. The predicted octanol–water partition coefficient (Wildman–Crippen LogP) is 12.5. The second-order valence-electron chi connectivity index (χ2n) is 15.0. The van der Waals surface area contributed by atoms with Gasteiger partial charge in [0.15, 0.2) is 17.5 Å². The third kappa shape index (κ3) is 4.32. The van der Waals surface area contributed by atoms with Crippen molar-refractivity contribution in [2.24, 2.45) is 0 Å². The quantitative estimate of drug-likeness (QED) is 0.182. The predicted molar refractivity (Wildman–Crippen MR) is 224 cm³/mol. The van der Waals surface area contributed by atoms with Gasteiger partial charge in [-0.15, -0.1) is 0 Å². The van der Waals surface area contributed by atoms with Gasteiger partial charge in [0.1, 0.15) is 11.3 Å². The molecule has 7 aromatic carbocycles. The van der Waals surface area contributed by atoms with Gasteiger partial charge in [0.2, 0.25) is 0 Å². The Hall–Kier alpha value is -7.17. The number of rotatable bonds is 4. The van der Waals surface area contributed by atoms with Gasteiger partial charge < -0.3 is 4.42 Å². The van der Waals surface area contributed by atoms with E-state index in [-0.39, 0.29) is 11.3 Å². The first-order valence-corrected chi connectivity index (χ1v) is 19.3. The van der Waals surface area contributed by atoms with Crippen molar-refractivity contribution >= 4 is 17.0 Å². The van der Waals surface area contributed by atoms with Crippen LogP contribution in [0.1, 0.15) is 51.5 Å². The molecule has 0 aliphatic heterocycles. The molecule has 1 atom stereocenters. The fraction of sp³-hybridized carbons (Fsp3) is 0.0577. The Kier molecular flexibility index (Phi) is 6.64. The van der Waals surface area contributed by atoms with Gasteiger partial charge in [-0.05, 0) is 68.6 Å². The summed E-state index contributed by atoms with van der Waals surface area (Å²) >= 11 is 0. The smallest absolute Gasteiger partial charge is 0.167 e. The molecule has 9 aromatic rings. The van der Waals surface area contributed by atoms with Crippen LogP contribution in [0.25, 0.3) is 73.5 Å². The zero-order valence-electron chi connectivity index (χ0n) is 30.4. The number of para-hydroxylation sites is 1. The van der Waals surface area contributed by atoms with Crippen molar-refractivity contribution in [1.82, 2.24) is 15.0 Å². The molecule has 0 radical (unpaired) electrons. The Morgan fingerprint density at radius 1 is 0.464 bits per heavy atom. The largest absolute Gasteiger partial charge is 0.456 e. The molecule has 4 heteroatoms. The van der Waals surface area contributed by atoms with E-state index >= 15 is 0 Å². The number of hydrogen-bond acceptors (Lipinski definition) is 4. The molecule has 56 heavy (non-hydrogen) atoms. The molecular formula is C52H33N3O. The lowest BCUT2D eigenvalue weighted by atomic mass is 9.70. The van der Waals surface area contributed by atoms with E-state index in [0.717, 1.165) is 39.8 Å². The van der Waals surface area contributed by atoms with Crippen molar-refractivity contribution in [2.45, 2.75) is 17.8 Å². The van der Waals surface area contributed by atoms with E-state index in [9.17, 15) is 0 Å². The molecule has 0 amide bonds. The minimum Gasteiger partial charge on any atom is -0.456 e. The van der Waals surface area contributed by atoms with E-state index in [1.54, 1.807) is 0 Å². The monoisotopic (exact) mass is 715 g/mol. The molecule has 3 aliphatic carbocycles. The molecule has 1 unspecified atom stereocenters. The summed E-state index contributed by atoms with van der Waals surface area (Å²) in [6, 6.07) is 60.8. The van der Waals surface area contributed by atoms with E-state index in [0.29, 0.717) is 17.5 Å². The molecule has 0 saturated carbocycles. The van der Waals surface area contributed by atoms with Crippen LogP contribution in [0.2, 0.25) is 0 Å². The molecule has 12 rings (SSSR count). The molecular weight excluding hydrogens is 683 g/mol. The number of nitrogens with zero attached hydrogens (tertiary/aromatic N) is 3. The minimum absolute atomic E-state index is 0.0996. The van der Waals surface area contributed by atoms with Crippen molar-refractivity contribution in [3.05, 3.63) is 215 Å². The molecule has 3 aliphatic rings. The van der Waals surface area contributed by atoms with Gasteiger partial charge in [0, 0.05) is 28.0 Å². The van der Waals surface area contributed by atoms with Crippen LogP contribution in [0, 0.1) is 0 Å². The summed E-state index contributed by atoms with van der Waals surface area (Å²) in [5.41, 5.74) is 16.3. The van der Waals surface area contributed by atoms with E-state index in [4.69, 9.17) is 19.4 Å². The van der Waals surface area contributed by atoms with Crippen LogP contribution in [0.4, 0.5) is 0 Å². The maximum Gasteiger partial charge on any atom is 0.167 e. The molecule has 0 saturated heterocycles. The maximum atomic E-state index is 6.86. The van der Waals surface area contributed by atoms with Gasteiger partial charge >= 0.3 is 0 Å². The first kappa shape index (κ1) is 31.2. The Bertz CT molecular complexity index is 2950. The van der Waals surface area contributed by atoms with Crippen molar-refractivity contribution < 1.29 is 4.42 Å². The van der Waals surface area contributed by atoms with E-state index < -0.39 is 0 Å². The minimum atomic E-state index is -0.389. The first-order chi connectivity index (χ1) is 27.8. The molecule has 0 fully saturated rings. The standard InChI is InChI=1S/C52H33N3O/c1-3-15-32(16-4-1)49-53-50(33-17-5-2-6-18-33)55-51(54-49)41-24-13-23-40-47-35(22-14-28-46(47)56-48(40)41)34-29-30-39-38-21-9-12-27-44(38)52(45(39)31-34)42-25-10-7-19-36(42)37-20-8-11-26-43(37)52/h1-21,23-31,35H,22H2. The highest BCUT2D eigenvalue weighted by molar-refractivity contribution is 5.97. The highest BCUT2D eigenvalue weighted by Crippen LogP contribution is 2.63. The number of fused-ring (bicyclic) bond motifs is 13. The molecule has 2 heterocycles. The number of allylic oxidation sites excluding steroid dienone is 1. The highest BCUT2D eigenvalue weighted by Gasteiger charge is 2.51. The van der Waals surface area contributed by atoms with Gasteiger partial charge in [-0.3, -0.25) is 0 Å². The maximum absolute atomic E-state index is 6.86. The third-order valence-corrected chi connectivity index (χ3v) is 12.1. The van der Waals surface area contributed by atoms with Gasteiger partial charge in [0.25, 0.3) is 0 Å². The summed E-state index contributed by atoms with van der Waals surface area (Å²) in [7, 11) is 0. The molecule has 1 spiro atoms. The zero-order chi connectivity index (χ0) is 36.8.